The first-order valence-electron chi connectivity index (χ1n) is 8.53. The summed E-state index contributed by atoms with van der Waals surface area (Å²) >= 11 is 0. The zero-order valence-electron chi connectivity index (χ0n) is 14.7. The van der Waals surface area contributed by atoms with Gasteiger partial charge in [-0.05, 0) is 32.3 Å². The average Bonchev–Trinajstić information content (AvgIpc) is 3.33. The van der Waals surface area contributed by atoms with E-state index in [9.17, 15) is 8.42 Å². The van der Waals surface area contributed by atoms with Crippen LogP contribution in [0.15, 0.2) is 35.3 Å². The maximum absolute atomic E-state index is 12.2. The number of rotatable bonds is 3. The lowest BCUT2D eigenvalue weighted by molar-refractivity contribution is 0.352. The number of hydrogen-bond donors (Lipinski definition) is 1. The standard InChI is InChI=1S/C18H27N3O2S/c1-17(2)14-21(11-12-24(17,22)23)16(19-3)20-13-18(9-10-18)15-7-5-4-6-8-15/h4-8H,9-14H2,1-3H3,(H,19,20). The predicted molar refractivity (Wildman–Crippen MR) is 98.2 cm³/mol. The Bertz CT molecular complexity index is 722. The summed E-state index contributed by atoms with van der Waals surface area (Å²) in [5.74, 6) is 0.991. The Morgan fingerprint density at radius 1 is 1.25 bits per heavy atom. The first-order valence-corrected chi connectivity index (χ1v) is 10.2. The van der Waals surface area contributed by atoms with Crippen LogP contribution in [0.3, 0.4) is 0 Å². The summed E-state index contributed by atoms with van der Waals surface area (Å²) in [4.78, 5) is 6.46. The third kappa shape index (κ3) is 3.16. The number of nitrogens with one attached hydrogen (secondary N) is 1. The van der Waals surface area contributed by atoms with Crippen molar-refractivity contribution in [3.05, 3.63) is 35.9 Å². The van der Waals surface area contributed by atoms with E-state index < -0.39 is 14.6 Å². The van der Waals surface area contributed by atoms with Crippen LogP contribution in [-0.2, 0) is 15.3 Å². The second-order valence-corrected chi connectivity index (χ2v) is 10.3. The molecule has 1 heterocycles. The van der Waals surface area contributed by atoms with Crippen LogP contribution in [0.25, 0.3) is 0 Å². The topological polar surface area (TPSA) is 61.8 Å². The molecule has 0 atom stereocenters. The Morgan fingerprint density at radius 2 is 1.92 bits per heavy atom. The fourth-order valence-corrected chi connectivity index (χ4v) is 4.78. The molecule has 132 valence electrons. The molecule has 1 saturated heterocycles. The third-order valence-electron chi connectivity index (χ3n) is 5.38. The van der Waals surface area contributed by atoms with Gasteiger partial charge in [-0.25, -0.2) is 8.42 Å². The molecule has 1 aliphatic heterocycles. The molecule has 2 aliphatic rings. The summed E-state index contributed by atoms with van der Waals surface area (Å²) in [5.41, 5.74) is 1.57. The minimum Gasteiger partial charge on any atom is -0.355 e. The van der Waals surface area contributed by atoms with Gasteiger partial charge < -0.3 is 10.2 Å². The summed E-state index contributed by atoms with van der Waals surface area (Å²) < 4.78 is 23.6. The van der Waals surface area contributed by atoms with Crippen LogP contribution in [0.1, 0.15) is 32.3 Å². The summed E-state index contributed by atoms with van der Waals surface area (Å²) in [5, 5.41) is 3.49. The van der Waals surface area contributed by atoms with Crippen molar-refractivity contribution in [1.29, 1.82) is 0 Å². The molecule has 0 unspecified atom stereocenters. The molecule has 0 amide bonds. The number of sulfone groups is 1. The highest BCUT2D eigenvalue weighted by atomic mass is 32.2. The molecule has 3 rings (SSSR count). The highest BCUT2D eigenvalue weighted by Gasteiger charge is 2.45. The maximum Gasteiger partial charge on any atom is 0.193 e. The van der Waals surface area contributed by atoms with Crippen LogP contribution >= 0.6 is 0 Å². The molecular formula is C18H27N3O2S. The summed E-state index contributed by atoms with van der Waals surface area (Å²) in [6.45, 7) is 5.42. The van der Waals surface area contributed by atoms with Gasteiger partial charge in [0.05, 0.1) is 10.5 Å². The molecule has 1 aromatic rings. The van der Waals surface area contributed by atoms with E-state index in [1.807, 2.05) is 6.07 Å². The van der Waals surface area contributed by atoms with Crippen molar-refractivity contribution in [1.82, 2.24) is 10.2 Å². The Hall–Kier alpha value is -1.56. The molecule has 5 nitrogen and oxygen atoms in total. The van der Waals surface area contributed by atoms with E-state index in [0.29, 0.717) is 13.1 Å². The lowest BCUT2D eigenvalue weighted by Crippen LogP contribution is -2.57. The SMILES string of the molecule is CN=C(NCC1(c2ccccc2)CC1)N1CCS(=O)(=O)C(C)(C)C1. The summed E-state index contributed by atoms with van der Waals surface area (Å²) in [6.07, 6.45) is 2.36. The zero-order chi connectivity index (χ0) is 17.4. The van der Waals surface area contributed by atoms with Gasteiger partial charge >= 0.3 is 0 Å². The molecule has 1 aromatic carbocycles. The van der Waals surface area contributed by atoms with Gasteiger partial charge in [-0.2, -0.15) is 0 Å². The van der Waals surface area contributed by atoms with E-state index >= 15 is 0 Å². The van der Waals surface area contributed by atoms with Crippen molar-refractivity contribution in [3.8, 4) is 0 Å². The largest absolute Gasteiger partial charge is 0.355 e. The van der Waals surface area contributed by atoms with Crippen molar-refractivity contribution in [3.63, 3.8) is 0 Å². The van der Waals surface area contributed by atoms with Gasteiger partial charge in [0.2, 0.25) is 0 Å². The van der Waals surface area contributed by atoms with Crippen molar-refractivity contribution in [2.24, 2.45) is 4.99 Å². The van der Waals surface area contributed by atoms with Crippen LogP contribution in [0.5, 0.6) is 0 Å². The Kier molecular flexibility index (Phi) is 4.36. The highest BCUT2D eigenvalue weighted by molar-refractivity contribution is 7.92. The maximum atomic E-state index is 12.2. The van der Waals surface area contributed by atoms with E-state index in [4.69, 9.17) is 0 Å². The number of nitrogens with zero attached hydrogens (tertiary/aromatic N) is 2. The first kappa shape index (κ1) is 17.3. The van der Waals surface area contributed by atoms with Crippen LogP contribution in [0.2, 0.25) is 0 Å². The molecule has 24 heavy (non-hydrogen) atoms. The number of benzene rings is 1. The fourth-order valence-electron chi connectivity index (χ4n) is 3.42. The van der Waals surface area contributed by atoms with Gasteiger partial charge in [0, 0.05) is 32.1 Å². The zero-order valence-corrected chi connectivity index (χ0v) is 15.6. The average molecular weight is 350 g/mol. The van der Waals surface area contributed by atoms with E-state index in [1.165, 1.54) is 18.4 Å². The smallest absolute Gasteiger partial charge is 0.193 e. The second-order valence-electron chi connectivity index (χ2n) is 7.55. The molecule has 0 radical (unpaired) electrons. The molecule has 6 heteroatoms. The molecule has 1 aliphatic carbocycles. The summed E-state index contributed by atoms with van der Waals surface area (Å²) in [6, 6.07) is 10.6. The number of guanidine groups is 1. The first-order chi connectivity index (χ1) is 11.3. The van der Waals surface area contributed by atoms with E-state index in [1.54, 1.807) is 20.9 Å². The number of hydrogen-bond acceptors (Lipinski definition) is 3. The lowest BCUT2D eigenvalue weighted by Gasteiger charge is -2.39. The highest BCUT2D eigenvalue weighted by Crippen LogP contribution is 2.47. The van der Waals surface area contributed by atoms with E-state index in [0.717, 1.165) is 12.5 Å². The third-order valence-corrected chi connectivity index (χ3v) is 7.91. The molecule has 1 saturated carbocycles. The molecule has 1 N–H and O–H groups in total. The normalized spacial score (nSPS) is 24.5. The Labute approximate surface area is 145 Å². The monoisotopic (exact) mass is 349 g/mol. The summed E-state index contributed by atoms with van der Waals surface area (Å²) in [7, 11) is -1.27. The van der Waals surface area contributed by atoms with Crippen LogP contribution in [0.4, 0.5) is 0 Å². The van der Waals surface area contributed by atoms with Crippen LogP contribution in [-0.4, -0.2) is 56.5 Å². The Morgan fingerprint density at radius 3 is 2.46 bits per heavy atom. The van der Waals surface area contributed by atoms with Gasteiger partial charge in [-0.3, -0.25) is 4.99 Å². The minimum atomic E-state index is -3.03. The van der Waals surface area contributed by atoms with Gasteiger partial charge in [0.1, 0.15) is 0 Å². The Balaban J connectivity index is 1.67. The second kappa shape index (κ2) is 6.06. The minimum absolute atomic E-state index is 0.185. The van der Waals surface area contributed by atoms with Gasteiger partial charge in [-0.1, -0.05) is 30.3 Å². The van der Waals surface area contributed by atoms with Gasteiger partial charge in [-0.15, -0.1) is 0 Å². The van der Waals surface area contributed by atoms with Crippen LogP contribution in [0, 0.1) is 0 Å². The fraction of sp³-hybridized carbons (Fsp3) is 0.611. The van der Waals surface area contributed by atoms with Crippen molar-refractivity contribution < 1.29 is 8.42 Å². The molecule has 0 aromatic heterocycles. The lowest BCUT2D eigenvalue weighted by atomic mass is 9.96. The predicted octanol–water partition coefficient (Wildman–Crippen LogP) is 1.80. The van der Waals surface area contributed by atoms with Gasteiger partial charge in [0.25, 0.3) is 0 Å². The molecule has 0 spiro atoms. The van der Waals surface area contributed by atoms with Crippen molar-refractivity contribution in [2.45, 2.75) is 36.9 Å². The molecule has 2 fully saturated rings. The molecular weight excluding hydrogens is 322 g/mol. The van der Waals surface area contributed by atoms with Gasteiger partial charge in [0.15, 0.2) is 15.8 Å². The van der Waals surface area contributed by atoms with Crippen LogP contribution < -0.4 is 5.32 Å². The molecule has 0 bridgehead atoms. The van der Waals surface area contributed by atoms with Crippen molar-refractivity contribution in [2.75, 3.05) is 32.4 Å². The van der Waals surface area contributed by atoms with Crippen molar-refractivity contribution >= 4 is 15.8 Å². The van der Waals surface area contributed by atoms with E-state index in [-0.39, 0.29) is 11.2 Å². The van der Waals surface area contributed by atoms with E-state index in [2.05, 4.69) is 39.5 Å². The quantitative estimate of drug-likeness (QED) is 0.668. The number of aliphatic imine (C=N–C) groups is 1.